The Hall–Kier alpha value is -4.62. The maximum atomic E-state index is 13.2. The van der Waals surface area contributed by atoms with E-state index in [0.29, 0.717) is 31.3 Å². The number of aliphatic hydroxyl groups excluding tert-OH is 1. The quantitative estimate of drug-likeness (QED) is 0.0885. The van der Waals surface area contributed by atoms with Crippen molar-refractivity contribution in [1.82, 2.24) is 27.4 Å². The molecule has 1 N–H and O–H groups in total. The van der Waals surface area contributed by atoms with Gasteiger partial charge >= 0.3 is 46.1 Å². The average molecular weight is 755 g/mol. The van der Waals surface area contributed by atoms with E-state index < -0.39 is 84.4 Å². The Morgan fingerprint density at radius 1 is 0.547 bits per heavy atom. The molecule has 298 valence electrons. The van der Waals surface area contributed by atoms with E-state index in [4.69, 9.17) is 18.9 Å². The summed E-state index contributed by atoms with van der Waals surface area (Å²) in [6.07, 6.45) is 2.59. The summed E-state index contributed by atoms with van der Waals surface area (Å²) in [4.78, 5) is 103. The molecule has 0 aromatic carbocycles. The molecule has 0 saturated heterocycles. The van der Waals surface area contributed by atoms with Gasteiger partial charge in [-0.15, -0.1) is 6.58 Å². The number of unbranched alkanes of at least 4 members (excludes halogenated alkanes) is 2. The molecular formula is C34H54N6O13. The third-order valence-electron chi connectivity index (χ3n) is 7.50. The number of allylic oxidation sites excluding steroid dienone is 1. The lowest BCUT2D eigenvalue weighted by Gasteiger charge is -2.20. The molecule has 0 fully saturated rings. The van der Waals surface area contributed by atoms with Gasteiger partial charge in [0.05, 0.1) is 70.0 Å². The molecular weight excluding hydrogens is 700 g/mol. The van der Waals surface area contributed by atoms with Gasteiger partial charge in [0.2, 0.25) is 0 Å². The molecule has 0 aliphatic heterocycles. The first-order valence-electron chi connectivity index (χ1n) is 17.5. The van der Waals surface area contributed by atoms with E-state index in [1.165, 1.54) is 6.08 Å². The Balaban J connectivity index is 2.10. The first-order chi connectivity index (χ1) is 24.8. The van der Waals surface area contributed by atoms with E-state index >= 15 is 0 Å². The molecule has 0 aliphatic carbocycles. The van der Waals surface area contributed by atoms with Crippen molar-refractivity contribution in [3.8, 4) is 0 Å². The summed E-state index contributed by atoms with van der Waals surface area (Å²) in [6, 6.07) is 0. The third kappa shape index (κ3) is 14.0. The standard InChI is InChI=1S/C34H54N6O13/c1-8-14-35-27(44)36(15-12-25(42)50-21-10-9-11-22-52-33(2,3)4)29(46)37(28(35)45)16-13-26(43)51-23-18-39-30(47)38(17-20-41)31(48)40(32(39)49)19-24-53-34(5,6)7/h8,41H,1,9-24H2,2-7H3. The Morgan fingerprint density at radius 2 is 0.925 bits per heavy atom. The van der Waals surface area contributed by atoms with E-state index in [9.17, 15) is 43.5 Å². The number of aliphatic hydroxyl groups is 1. The summed E-state index contributed by atoms with van der Waals surface area (Å²) in [7, 11) is 0. The van der Waals surface area contributed by atoms with E-state index in [1.54, 1.807) is 20.8 Å². The molecule has 0 atom stereocenters. The fourth-order valence-corrected chi connectivity index (χ4v) is 4.90. The molecule has 2 heterocycles. The minimum absolute atomic E-state index is 0.0229. The van der Waals surface area contributed by atoms with Crippen LogP contribution < -0.4 is 34.1 Å². The summed E-state index contributed by atoms with van der Waals surface area (Å²) < 4.78 is 25.9. The SMILES string of the molecule is C=CCn1c(=O)n(CCC(=O)OCCCCCOC(C)(C)C)c(=O)n(CCC(=O)OCCn2c(=O)n(CCO)c(=O)n(CCOC(C)(C)C)c2=O)c1=O. The Kier molecular flexibility index (Phi) is 17.3. The molecule has 0 amide bonds. The number of nitrogens with zero attached hydrogens (tertiary/aromatic N) is 6. The number of ether oxygens (including phenoxy) is 4. The van der Waals surface area contributed by atoms with E-state index in [-0.39, 0.29) is 51.4 Å². The number of carbonyl (C=O) groups excluding carboxylic acids is 2. The van der Waals surface area contributed by atoms with Crippen LogP contribution in [-0.2, 0) is 67.8 Å². The highest BCUT2D eigenvalue weighted by molar-refractivity contribution is 5.69. The van der Waals surface area contributed by atoms with Gasteiger partial charge in [0.25, 0.3) is 0 Å². The lowest BCUT2D eigenvalue weighted by atomic mass is 10.2. The van der Waals surface area contributed by atoms with Crippen molar-refractivity contribution < 1.29 is 33.6 Å². The molecule has 19 nitrogen and oxygen atoms in total. The molecule has 2 rings (SSSR count). The van der Waals surface area contributed by atoms with Crippen molar-refractivity contribution in [2.75, 3.05) is 33.0 Å². The minimum Gasteiger partial charge on any atom is -0.466 e. The predicted octanol–water partition coefficient (Wildman–Crippen LogP) is -0.798. The highest BCUT2D eigenvalue weighted by Crippen LogP contribution is 2.08. The topological polar surface area (TPSA) is 223 Å². The number of rotatable bonds is 22. The number of esters is 2. The van der Waals surface area contributed by atoms with Crippen LogP contribution in [0, 0.1) is 0 Å². The molecule has 19 heteroatoms. The Morgan fingerprint density at radius 3 is 1.38 bits per heavy atom. The van der Waals surface area contributed by atoms with Crippen molar-refractivity contribution in [3.63, 3.8) is 0 Å². The lowest BCUT2D eigenvalue weighted by molar-refractivity contribution is -0.145. The molecule has 0 bridgehead atoms. The zero-order chi connectivity index (χ0) is 39.9. The van der Waals surface area contributed by atoms with Gasteiger partial charge in [0.1, 0.15) is 6.61 Å². The highest BCUT2D eigenvalue weighted by atomic mass is 16.5. The fraction of sp³-hybridized carbons (Fsp3) is 0.706. The van der Waals surface area contributed by atoms with Crippen molar-refractivity contribution in [2.45, 2.75) is 124 Å². The van der Waals surface area contributed by atoms with Gasteiger partial charge in [0, 0.05) is 19.7 Å². The van der Waals surface area contributed by atoms with Crippen LogP contribution >= 0.6 is 0 Å². The minimum atomic E-state index is -1.05. The van der Waals surface area contributed by atoms with Crippen molar-refractivity contribution in [1.29, 1.82) is 0 Å². The van der Waals surface area contributed by atoms with Crippen molar-refractivity contribution in [3.05, 3.63) is 75.6 Å². The van der Waals surface area contributed by atoms with Gasteiger partial charge < -0.3 is 24.1 Å². The number of carbonyl (C=O) groups is 2. The average Bonchev–Trinajstić information content (AvgIpc) is 3.06. The molecule has 53 heavy (non-hydrogen) atoms. The number of hydrogen-bond acceptors (Lipinski definition) is 13. The van der Waals surface area contributed by atoms with Crippen LogP contribution in [0.15, 0.2) is 41.4 Å². The number of aromatic nitrogens is 6. The van der Waals surface area contributed by atoms with E-state index in [1.807, 2.05) is 20.8 Å². The maximum Gasteiger partial charge on any atom is 0.336 e. The van der Waals surface area contributed by atoms with Gasteiger partial charge in [-0.3, -0.25) is 9.59 Å². The summed E-state index contributed by atoms with van der Waals surface area (Å²) in [6.45, 7) is 12.3. The molecule has 0 aliphatic rings. The van der Waals surface area contributed by atoms with E-state index in [2.05, 4.69) is 6.58 Å². The second-order valence-electron chi connectivity index (χ2n) is 14.0. The smallest absolute Gasteiger partial charge is 0.336 e. The molecule has 0 spiro atoms. The summed E-state index contributed by atoms with van der Waals surface area (Å²) in [5.74, 6) is -1.55. The van der Waals surface area contributed by atoms with Crippen molar-refractivity contribution >= 4 is 11.9 Å². The molecule has 0 radical (unpaired) electrons. The highest BCUT2D eigenvalue weighted by Gasteiger charge is 2.20. The first kappa shape index (κ1) is 44.5. The van der Waals surface area contributed by atoms with Gasteiger partial charge in [-0.25, -0.2) is 56.2 Å². The van der Waals surface area contributed by atoms with Crippen LogP contribution in [0.5, 0.6) is 0 Å². The maximum absolute atomic E-state index is 13.2. The van der Waals surface area contributed by atoms with Gasteiger partial charge in [-0.2, -0.15) is 0 Å². The Labute approximate surface area is 305 Å². The Bertz CT molecular complexity index is 1920. The molecule has 0 unspecified atom stereocenters. The monoisotopic (exact) mass is 754 g/mol. The third-order valence-corrected chi connectivity index (χ3v) is 7.50. The lowest BCUT2D eigenvalue weighted by Crippen LogP contribution is -2.55. The van der Waals surface area contributed by atoms with Crippen molar-refractivity contribution in [2.24, 2.45) is 0 Å². The van der Waals surface area contributed by atoms with Crippen LogP contribution in [0.2, 0.25) is 0 Å². The molecule has 0 saturated carbocycles. The number of hydrogen-bond donors (Lipinski definition) is 1. The predicted molar refractivity (Wildman–Crippen MR) is 192 cm³/mol. The second-order valence-corrected chi connectivity index (χ2v) is 14.0. The second kappa shape index (κ2) is 20.6. The first-order valence-corrected chi connectivity index (χ1v) is 17.5. The molecule has 2 aromatic heterocycles. The van der Waals surface area contributed by atoms with Crippen LogP contribution in [0.25, 0.3) is 0 Å². The fourth-order valence-electron chi connectivity index (χ4n) is 4.90. The zero-order valence-electron chi connectivity index (χ0n) is 31.6. The van der Waals surface area contributed by atoms with Crippen LogP contribution in [0.4, 0.5) is 0 Å². The van der Waals surface area contributed by atoms with Gasteiger partial charge in [-0.1, -0.05) is 6.08 Å². The van der Waals surface area contributed by atoms with Gasteiger partial charge in [-0.05, 0) is 60.8 Å². The molecule has 2 aromatic rings. The van der Waals surface area contributed by atoms with Crippen LogP contribution in [0.3, 0.4) is 0 Å². The van der Waals surface area contributed by atoms with E-state index in [0.717, 1.165) is 22.0 Å². The normalized spacial score (nSPS) is 11.8. The van der Waals surface area contributed by atoms with Gasteiger partial charge in [0.15, 0.2) is 0 Å². The summed E-state index contributed by atoms with van der Waals surface area (Å²) in [5.41, 5.74) is -6.73. The summed E-state index contributed by atoms with van der Waals surface area (Å²) >= 11 is 0. The largest absolute Gasteiger partial charge is 0.466 e. The van der Waals surface area contributed by atoms with Crippen LogP contribution in [-0.4, -0.2) is 88.7 Å². The zero-order valence-corrected chi connectivity index (χ0v) is 31.6. The van der Waals surface area contributed by atoms with Crippen LogP contribution in [0.1, 0.15) is 73.6 Å². The summed E-state index contributed by atoms with van der Waals surface area (Å²) in [5, 5.41) is 9.37.